The van der Waals surface area contributed by atoms with Gasteiger partial charge in [-0.05, 0) is 30.9 Å². The molecule has 1 saturated carbocycles. The molecule has 1 aliphatic rings. The van der Waals surface area contributed by atoms with Gasteiger partial charge in [0.1, 0.15) is 4.90 Å². The third-order valence-corrected chi connectivity index (χ3v) is 4.47. The van der Waals surface area contributed by atoms with Crippen LogP contribution in [0.25, 0.3) is 0 Å². The van der Waals surface area contributed by atoms with E-state index in [9.17, 15) is 17.6 Å². The predicted molar refractivity (Wildman–Crippen MR) is 74.0 cm³/mol. The Morgan fingerprint density at radius 1 is 1.48 bits per heavy atom. The number of rotatable bonds is 5. The predicted octanol–water partition coefficient (Wildman–Crippen LogP) is 1.01. The zero-order valence-electron chi connectivity index (χ0n) is 11.6. The lowest BCUT2D eigenvalue weighted by Gasteiger charge is -2.25. The van der Waals surface area contributed by atoms with E-state index in [1.807, 2.05) is 0 Å². The van der Waals surface area contributed by atoms with E-state index < -0.39 is 32.4 Å². The normalized spacial score (nSPS) is 15.4. The first-order valence-electron chi connectivity index (χ1n) is 6.51. The number of carbonyl (C=O) groups is 1. The van der Waals surface area contributed by atoms with Crippen LogP contribution in [0.2, 0.25) is 0 Å². The molecule has 0 unspecified atom stereocenters. The zero-order chi connectivity index (χ0) is 15.6. The highest BCUT2D eigenvalue weighted by Crippen LogP contribution is 2.28. The first-order chi connectivity index (χ1) is 9.82. The quantitative estimate of drug-likeness (QED) is 0.847. The summed E-state index contributed by atoms with van der Waals surface area (Å²) in [6, 6.07) is 1.96. The third kappa shape index (κ3) is 3.51. The molecule has 3 N–H and O–H groups in total. The number of hydrogen-bond acceptors (Lipinski definition) is 4. The topological polar surface area (TPSA) is 98.5 Å². The number of hydrogen-bond donors (Lipinski definition) is 2. The SMILES string of the molecule is COc1c(F)cc(C(=O)NCC2CCC2)cc1S(N)(=O)=O. The average molecular weight is 316 g/mol. The van der Waals surface area contributed by atoms with Crippen LogP contribution in [0.1, 0.15) is 29.6 Å². The molecule has 0 aliphatic heterocycles. The van der Waals surface area contributed by atoms with Crippen LogP contribution in [0.15, 0.2) is 17.0 Å². The van der Waals surface area contributed by atoms with E-state index >= 15 is 0 Å². The summed E-state index contributed by atoms with van der Waals surface area (Å²) < 4.78 is 41.5. The van der Waals surface area contributed by atoms with Gasteiger partial charge >= 0.3 is 0 Å². The summed E-state index contributed by atoms with van der Waals surface area (Å²) in [5.74, 6) is -1.53. The van der Waals surface area contributed by atoms with Crippen molar-refractivity contribution in [3.8, 4) is 5.75 Å². The molecule has 0 heterocycles. The molecule has 6 nitrogen and oxygen atoms in total. The van der Waals surface area contributed by atoms with Gasteiger partial charge in [-0.3, -0.25) is 4.79 Å². The number of ether oxygens (including phenoxy) is 1. The van der Waals surface area contributed by atoms with Gasteiger partial charge in [0.25, 0.3) is 5.91 Å². The van der Waals surface area contributed by atoms with E-state index in [2.05, 4.69) is 5.32 Å². The second-order valence-electron chi connectivity index (χ2n) is 5.04. The number of nitrogens with two attached hydrogens (primary N) is 1. The van der Waals surface area contributed by atoms with E-state index in [0.717, 1.165) is 38.5 Å². The number of halogens is 1. The van der Waals surface area contributed by atoms with Crippen LogP contribution in [0.4, 0.5) is 4.39 Å². The van der Waals surface area contributed by atoms with Crippen LogP contribution in [0, 0.1) is 11.7 Å². The van der Waals surface area contributed by atoms with Crippen molar-refractivity contribution in [2.45, 2.75) is 24.2 Å². The molecule has 0 bridgehead atoms. The van der Waals surface area contributed by atoms with Gasteiger partial charge in [0.15, 0.2) is 11.6 Å². The number of nitrogens with one attached hydrogen (secondary N) is 1. The van der Waals surface area contributed by atoms with Crippen molar-refractivity contribution in [1.29, 1.82) is 0 Å². The van der Waals surface area contributed by atoms with Gasteiger partial charge in [0.2, 0.25) is 10.0 Å². The van der Waals surface area contributed by atoms with Gasteiger partial charge in [-0.2, -0.15) is 0 Å². The van der Waals surface area contributed by atoms with Crippen LogP contribution in [0.5, 0.6) is 5.75 Å². The Balaban J connectivity index is 2.27. The van der Waals surface area contributed by atoms with E-state index in [-0.39, 0.29) is 5.56 Å². The molecule has 21 heavy (non-hydrogen) atoms. The van der Waals surface area contributed by atoms with Crippen LogP contribution < -0.4 is 15.2 Å². The highest BCUT2D eigenvalue weighted by molar-refractivity contribution is 7.89. The molecule has 8 heteroatoms. The summed E-state index contributed by atoms with van der Waals surface area (Å²) in [7, 11) is -3.07. The Hall–Kier alpha value is -1.67. The number of amides is 1. The minimum atomic E-state index is -4.19. The van der Waals surface area contributed by atoms with E-state index in [1.165, 1.54) is 0 Å². The molecular formula is C13H17FN2O4S. The summed E-state index contributed by atoms with van der Waals surface area (Å²) in [6.45, 7) is 0.497. The summed E-state index contributed by atoms with van der Waals surface area (Å²) in [5, 5.41) is 7.68. The monoisotopic (exact) mass is 316 g/mol. The molecular weight excluding hydrogens is 299 g/mol. The van der Waals surface area contributed by atoms with Gasteiger partial charge in [-0.25, -0.2) is 17.9 Å². The second-order valence-corrected chi connectivity index (χ2v) is 6.57. The Bertz CT molecular complexity index is 656. The molecule has 0 atom stereocenters. The van der Waals surface area contributed by atoms with Crippen LogP contribution in [-0.2, 0) is 10.0 Å². The standard InChI is InChI=1S/C13H17FN2O4S/c1-20-12-10(14)5-9(6-11(12)21(15,18)19)13(17)16-7-8-3-2-4-8/h5-6,8H,2-4,7H2,1H3,(H,16,17)(H2,15,18,19). The Kier molecular flexibility index (Phi) is 4.48. The van der Waals surface area contributed by atoms with Crippen LogP contribution in [0.3, 0.4) is 0 Å². The van der Waals surface area contributed by atoms with Gasteiger partial charge in [0, 0.05) is 12.1 Å². The smallest absolute Gasteiger partial charge is 0.251 e. The lowest BCUT2D eigenvalue weighted by atomic mass is 9.85. The fourth-order valence-electron chi connectivity index (χ4n) is 2.14. The molecule has 1 aliphatic carbocycles. The molecule has 2 rings (SSSR count). The average Bonchev–Trinajstić information content (AvgIpc) is 2.34. The summed E-state index contributed by atoms with van der Waals surface area (Å²) in [4.78, 5) is 11.4. The van der Waals surface area contributed by atoms with Crippen molar-refractivity contribution in [2.24, 2.45) is 11.1 Å². The number of primary sulfonamides is 1. The maximum atomic E-state index is 13.9. The van der Waals surface area contributed by atoms with Gasteiger partial charge < -0.3 is 10.1 Å². The van der Waals surface area contributed by atoms with Crippen molar-refractivity contribution in [3.05, 3.63) is 23.5 Å². The summed E-state index contributed by atoms with van der Waals surface area (Å²) in [6.07, 6.45) is 3.26. The fourth-order valence-corrected chi connectivity index (χ4v) is 2.88. The van der Waals surface area contributed by atoms with Crippen molar-refractivity contribution in [1.82, 2.24) is 5.32 Å². The minimum absolute atomic E-state index is 0.100. The lowest BCUT2D eigenvalue weighted by molar-refractivity contribution is 0.0938. The van der Waals surface area contributed by atoms with Gasteiger partial charge in [-0.1, -0.05) is 6.42 Å². The van der Waals surface area contributed by atoms with Crippen LogP contribution in [-0.4, -0.2) is 28.0 Å². The van der Waals surface area contributed by atoms with E-state index in [0.29, 0.717) is 12.5 Å². The number of methoxy groups -OCH3 is 1. The van der Waals surface area contributed by atoms with E-state index in [4.69, 9.17) is 9.88 Å². The molecule has 1 amide bonds. The summed E-state index contributed by atoms with van der Waals surface area (Å²) >= 11 is 0. The highest BCUT2D eigenvalue weighted by atomic mass is 32.2. The molecule has 0 saturated heterocycles. The van der Waals surface area contributed by atoms with Gasteiger partial charge in [-0.15, -0.1) is 0 Å². The molecule has 1 fully saturated rings. The number of carbonyl (C=O) groups excluding carboxylic acids is 1. The minimum Gasteiger partial charge on any atom is -0.492 e. The summed E-state index contributed by atoms with van der Waals surface area (Å²) in [5.41, 5.74) is -0.100. The van der Waals surface area contributed by atoms with Crippen molar-refractivity contribution < 1.29 is 22.3 Å². The Morgan fingerprint density at radius 3 is 2.62 bits per heavy atom. The molecule has 0 aromatic heterocycles. The number of sulfonamides is 1. The van der Waals surface area contributed by atoms with Crippen molar-refractivity contribution in [2.75, 3.05) is 13.7 Å². The van der Waals surface area contributed by atoms with E-state index in [1.54, 1.807) is 0 Å². The van der Waals surface area contributed by atoms with Gasteiger partial charge in [0.05, 0.1) is 7.11 Å². The first-order valence-corrected chi connectivity index (χ1v) is 8.06. The Morgan fingerprint density at radius 2 is 2.14 bits per heavy atom. The molecule has 0 spiro atoms. The third-order valence-electron chi connectivity index (χ3n) is 3.56. The fraction of sp³-hybridized carbons (Fsp3) is 0.462. The molecule has 0 radical (unpaired) electrons. The molecule has 1 aromatic carbocycles. The maximum absolute atomic E-state index is 13.9. The number of benzene rings is 1. The van der Waals surface area contributed by atoms with Crippen molar-refractivity contribution in [3.63, 3.8) is 0 Å². The lowest BCUT2D eigenvalue weighted by Crippen LogP contribution is -2.32. The van der Waals surface area contributed by atoms with Crippen molar-refractivity contribution >= 4 is 15.9 Å². The second kappa shape index (κ2) is 5.98. The van der Waals surface area contributed by atoms with Crippen LogP contribution >= 0.6 is 0 Å². The zero-order valence-corrected chi connectivity index (χ0v) is 12.4. The maximum Gasteiger partial charge on any atom is 0.251 e. The Labute approximate surface area is 122 Å². The molecule has 116 valence electrons. The first kappa shape index (κ1) is 15.7. The molecule has 1 aromatic rings. The largest absolute Gasteiger partial charge is 0.492 e. The highest BCUT2D eigenvalue weighted by Gasteiger charge is 2.23.